The summed E-state index contributed by atoms with van der Waals surface area (Å²) in [5, 5.41) is 5.07. The standard InChI is InChI=1S/C21H21BrN4O3S/c1-13(2)26-21(29)17-6-4-3-5-16(17)19(25-26)20(28)24-23-18(27)11-12-30-15-9-7-14(22)8-10-15/h3-10,13H,11-12H2,1-2H3,(H,23,27)(H,24,28). The van der Waals surface area contributed by atoms with Crippen molar-refractivity contribution in [1.29, 1.82) is 0 Å². The molecule has 1 aromatic heterocycles. The third-order valence-electron chi connectivity index (χ3n) is 4.26. The minimum Gasteiger partial charge on any atom is -0.273 e. The van der Waals surface area contributed by atoms with Gasteiger partial charge < -0.3 is 0 Å². The zero-order valence-corrected chi connectivity index (χ0v) is 18.9. The number of fused-ring (bicyclic) bond motifs is 1. The van der Waals surface area contributed by atoms with E-state index in [1.54, 1.807) is 36.0 Å². The maximum Gasteiger partial charge on any atom is 0.290 e. The molecular weight excluding hydrogens is 468 g/mol. The number of halogens is 1. The summed E-state index contributed by atoms with van der Waals surface area (Å²) in [6.07, 6.45) is 0.237. The van der Waals surface area contributed by atoms with E-state index < -0.39 is 5.91 Å². The zero-order chi connectivity index (χ0) is 21.7. The maximum absolute atomic E-state index is 12.7. The smallest absolute Gasteiger partial charge is 0.273 e. The Morgan fingerprint density at radius 1 is 1.07 bits per heavy atom. The van der Waals surface area contributed by atoms with Gasteiger partial charge in [-0.25, -0.2) is 4.68 Å². The highest BCUT2D eigenvalue weighted by Gasteiger charge is 2.18. The van der Waals surface area contributed by atoms with Gasteiger partial charge in [0.05, 0.1) is 11.4 Å². The summed E-state index contributed by atoms with van der Waals surface area (Å²) in [5.41, 5.74) is 4.65. The van der Waals surface area contributed by atoms with E-state index in [1.165, 1.54) is 4.68 Å². The summed E-state index contributed by atoms with van der Waals surface area (Å²) in [5.74, 6) is -0.313. The highest BCUT2D eigenvalue weighted by molar-refractivity contribution is 9.10. The Hall–Kier alpha value is -2.65. The fourth-order valence-electron chi connectivity index (χ4n) is 2.76. The van der Waals surface area contributed by atoms with Crippen molar-refractivity contribution in [2.45, 2.75) is 31.2 Å². The average Bonchev–Trinajstić information content (AvgIpc) is 2.73. The molecule has 0 saturated carbocycles. The Morgan fingerprint density at radius 2 is 1.73 bits per heavy atom. The van der Waals surface area contributed by atoms with Crippen LogP contribution in [0.15, 0.2) is 62.7 Å². The molecular formula is C21H21BrN4O3S. The van der Waals surface area contributed by atoms with E-state index in [0.717, 1.165) is 9.37 Å². The number of nitrogens with zero attached hydrogens (tertiary/aromatic N) is 2. The second-order valence-electron chi connectivity index (χ2n) is 6.79. The van der Waals surface area contributed by atoms with Crippen LogP contribution in [0.1, 0.15) is 36.8 Å². The molecule has 0 radical (unpaired) electrons. The van der Waals surface area contributed by atoms with Crippen LogP contribution < -0.4 is 16.4 Å². The monoisotopic (exact) mass is 488 g/mol. The number of rotatable bonds is 6. The van der Waals surface area contributed by atoms with E-state index in [1.807, 2.05) is 38.1 Å². The van der Waals surface area contributed by atoms with E-state index in [-0.39, 0.29) is 29.6 Å². The van der Waals surface area contributed by atoms with Gasteiger partial charge in [-0.15, -0.1) is 11.8 Å². The van der Waals surface area contributed by atoms with E-state index >= 15 is 0 Å². The summed E-state index contributed by atoms with van der Waals surface area (Å²) < 4.78 is 2.27. The second-order valence-corrected chi connectivity index (χ2v) is 8.88. The van der Waals surface area contributed by atoms with Crippen LogP contribution in [0.2, 0.25) is 0 Å². The van der Waals surface area contributed by atoms with Crippen molar-refractivity contribution in [1.82, 2.24) is 20.6 Å². The lowest BCUT2D eigenvalue weighted by atomic mass is 10.1. The van der Waals surface area contributed by atoms with Crippen molar-refractivity contribution in [3.05, 3.63) is 69.1 Å². The van der Waals surface area contributed by atoms with Crippen LogP contribution >= 0.6 is 27.7 Å². The van der Waals surface area contributed by atoms with Gasteiger partial charge in [-0.05, 0) is 44.2 Å². The largest absolute Gasteiger partial charge is 0.290 e. The number of benzene rings is 2. The predicted molar refractivity (Wildman–Crippen MR) is 121 cm³/mol. The maximum atomic E-state index is 12.7. The predicted octanol–water partition coefficient (Wildman–Crippen LogP) is 3.68. The van der Waals surface area contributed by atoms with Crippen LogP contribution in [0, 0.1) is 0 Å². The molecule has 0 saturated heterocycles. The van der Waals surface area contributed by atoms with Crippen LogP contribution in [-0.4, -0.2) is 27.3 Å². The summed E-state index contributed by atoms with van der Waals surface area (Å²) in [6.45, 7) is 3.63. The van der Waals surface area contributed by atoms with Crippen LogP contribution in [0.3, 0.4) is 0 Å². The Bertz CT molecular complexity index is 1130. The third-order valence-corrected chi connectivity index (χ3v) is 5.80. The Balaban J connectivity index is 1.63. The Labute approximate surface area is 186 Å². The lowest BCUT2D eigenvalue weighted by Crippen LogP contribution is -2.43. The van der Waals surface area contributed by atoms with Gasteiger partial charge in [0.1, 0.15) is 0 Å². The van der Waals surface area contributed by atoms with Gasteiger partial charge in [-0.2, -0.15) is 5.10 Å². The van der Waals surface area contributed by atoms with Crippen LogP contribution in [0.5, 0.6) is 0 Å². The molecule has 0 aliphatic heterocycles. The van der Waals surface area contributed by atoms with E-state index in [9.17, 15) is 14.4 Å². The van der Waals surface area contributed by atoms with Crippen molar-refractivity contribution in [2.24, 2.45) is 0 Å². The van der Waals surface area contributed by atoms with Gasteiger partial charge in [0.15, 0.2) is 5.69 Å². The average molecular weight is 489 g/mol. The Kier molecular flexibility index (Phi) is 7.28. The first kappa shape index (κ1) is 22.0. The fraction of sp³-hybridized carbons (Fsp3) is 0.238. The van der Waals surface area contributed by atoms with Crippen molar-refractivity contribution >= 4 is 50.3 Å². The quantitative estimate of drug-likeness (QED) is 0.407. The molecule has 3 rings (SSSR count). The van der Waals surface area contributed by atoms with Crippen LogP contribution in [0.25, 0.3) is 10.8 Å². The molecule has 7 nitrogen and oxygen atoms in total. The molecule has 0 spiro atoms. The molecule has 0 aliphatic rings. The summed E-state index contributed by atoms with van der Waals surface area (Å²) >= 11 is 4.94. The highest BCUT2D eigenvalue weighted by Crippen LogP contribution is 2.21. The zero-order valence-electron chi connectivity index (χ0n) is 16.5. The number of aromatic nitrogens is 2. The molecule has 30 heavy (non-hydrogen) atoms. The minimum atomic E-state index is -0.575. The molecule has 0 atom stereocenters. The number of hydrogen-bond acceptors (Lipinski definition) is 5. The molecule has 0 unspecified atom stereocenters. The third kappa shape index (κ3) is 5.28. The van der Waals surface area contributed by atoms with Gasteiger partial charge in [0.2, 0.25) is 5.91 Å². The first-order valence-electron chi connectivity index (χ1n) is 9.36. The SMILES string of the molecule is CC(C)n1nc(C(=O)NNC(=O)CCSc2ccc(Br)cc2)c2ccccc2c1=O. The van der Waals surface area contributed by atoms with E-state index in [2.05, 4.69) is 31.9 Å². The molecule has 156 valence electrons. The second kappa shape index (κ2) is 9.90. The minimum absolute atomic E-state index is 0.0865. The van der Waals surface area contributed by atoms with Crippen LogP contribution in [0.4, 0.5) is 0 Å². The molecule has 1 heterocycles. The van der Waals surface area contributed by atoms with E-state index in [4.69, 9.17) is 0 Å². The Morgan fingerprint density at radius 3 is 2.40 bits per heavy atom. The lowest BCUT2D eigenvalue weighted by molar-refractivity contribution is -0.121. The summed E-state index contributed by atoms with van der Waals surface area (Å²) in [6, 6.07) is 14.4. The summed E-state index contributed by atoms with van der Waals surface area (Å²) in [7, 11) is 0. The van der Waals surface area contributed by atoms with Crippen LogP contribution in [-0.2, 0) is 4.79 Å². The topological polar surface area (TPSA) is 93.1 Å². The van der Waals surface area contributed by atoms with Crippen molar-refractivity contribution in [3.8, 4) is 0 Å². The number of hydrazine groups is 1. The van der Waals surface area contributed by atoms with Gasteiger partial charge in [-0.1, -0.05) is 34.1 Å². The van der Waals surface area contributed by atoms with Gasteiger partial charge in [-0.3, -0.25) is 25.2 Å². The van der Waals surface area contributed by atoms with E-state index in [0.29, 0.717) is 16.5 Å². The number of carbonyl (C=O) groups is 2. The van der Waals surface area contributed by atoms with Gasteiger partial charge in [0, 0.05) is 26.9 Å². The van der Waals surface area contributed by atoms with Crippen molar-refractivity contribution in [2.75, 3.05) is 5.75 Å². The molecule has 2 N–H and O–H groups in total. The van der Waals surface area contributed by atoms with Gasteiger partial charge >= 0.3 is 0 Å². The van der Waals surface area contributed by atoms with Gasteiger partial charge in [0.25, 0.3) is 11.5 Å². The lowest BCUT2D eigenvalue weighted by Gasteiger charge is -2.13. The first-order chi connectivity index (χ1) is 14.4. The molecule has 3 aromatic rings. The molecule has 2 aromatic carbocycles. The number of carbonyl (C=O) groups excluding carboxylic acids is 2. The van der Waals surface area contributed by atoms with Crippen molar-refractivity contribution in [3.63, 3.8) is 0 Å². The summed E-state index contributed by atoms with van der Waals surface area (Å²) in [4.78, 5) is 38.4. The highest BCUT2D eigenvalue weighted by atomic mass is 79.9. The number of amides is 2. The molecule has 0 fully saturated rings. The molecule has 0 bridgehead atoms. The first-order valence-corrected chi connectivity index (χ1v) is 11.1. The number of thioether (sulfide) groups is 1. The normalized spacial score (nSPS) is 10.9. The van der Waals surface area contributed by atoms with Crippen molar-refractivity contribution < 1.29 is 9.59 Å². The molecule has 0 aliphatic carbocycles. The fourth-order valence-corrected chi connectivity index (χ4v) is 3.88. The molecule has 2 amide bonds. The number of hydrogen-bond donors (Lipinski definition) is 2. The number of nitrogens with one attached hydrogen (secondary N) is 2. The molecule has 9 heteroatoms.